The number of rotatable bonds is 0. The molecular weight excluding hydrogens is 131 g/mol. The summed E-state index contributed by atoms with van der Waals surface area (Å²) < 4.78 is 17.9. The molecule has 10 heavy (non-hydrogen) atoms. The molecule has 1 aliphatic rings. The first-order valence-electron chi connectivity index (χ1n) is 3.30. The van der Waals surface area contributed by atoms with Gasteiger partial charge in [0.1, 0.15) is 11.6 Å². The summed E-state index contributed by atoms with van der Waals surface area (Å²) in [6.45, 7) is 0. The van der Waals surface area contributed by atoms with Crippen LogP contribution < -0.4 is 0 Å². The molecule has 2 rings (SSSR count). The van der Waals surface area contributed by atoms with Crippen LogP contribution in [0.2, 0.25) is 0 Å². The quantitative estimate of drug-likeness (QED) is 0.537. The Morgan fingerprint density at radius 2 is 2.40 bits per heavy atom. The van der Waals surface area contributed by atoms with E-state index >= 15 is 0 Å². The third-order valence-electron chi connectivity index (χ3n) is 1.70. The van der Waals surface area contributed by atoms with Crippen LogP contribution in [0.15, 0.2) is 22.8 Å². The predicted octanol–water partition coefficient (Wildman–Crippen LogP) is 2.54. The van der Waals surface area contributed by atoms with Crippen LogP contribution in [-0.4, -0.2) is 0 Å². The van der Waals surface area contributed by atoms with E-state index in [4.69, 9.17) is 4.42 Å². The molecule has 52 valence electrons. The molecular formula is C8H7FO. The van der Waals surface area contributed by atoms with Crippen molar-refractivity contribution in [3.8, 4) is 0 Å². The van der Waals surface area contributed by atoms with E-state index < -0.39 is 0 Å². The number of fused-ring (bicyclic) bond motifs is 1. The molecule has 0 aliphatic heterocycles. The van der Waals surface area contributed by atoms with E-state index in [9.17, 15) is 4.39 Å². The zero-order chi connectivity index (χ0) is 6.97. The van der Waals surface area contributed by atoms with Crippen molar-refractivity contribution in [2.45, 2.75) is 12.8 Å². The van der Waals surface area contributed by atoms with Gasteiger partial charge in [-0.2, -0.15) is 0 Å². The van der Waals surface area contributed by atoms with E-state index in [-0.39, 0.29) is 5.83 Å². The summed E-state index contributed by atoms with van der Waals surface area (Å²) in [6.07, 6.45) is 4.71. The lowest BCUT2D eigenvalue weighted by molar-refractivity contribution is 0.503. The summed E-state index contributed by atoms with van der Waals surface area (Å²) >= 11 is 0. The van der Waals surface area contributed by atoms with E-state index in [0.717, 1.165) is 18.6 Å². The summed E-state index contributed by atoms with van der Waals surface area (Å²) in [5, 5.41) is 0. The number of hydrogen-bond donors (Lipinski definition) is 0. The van der Waals surface area contributed by atoms with Crippen LogP contribution in [0, 0.1) is 0 Å². The van der Waals surface area contributed by atoms with E-state index in [1.807, 2.05) is 0 Å². The third kappa shape index (κ3) is 0.685. The van der Waals surface area contributed by atoms with Crippen LogP contribution in [0.25, 0.3) is 5.83 Å². The van der Waals surface area contributed by atoms with Crippen LogP contribution in [0.3, 0.4) is 0 Å². The van der Waals surface area contributed by atoms with Crippen LogP contribution in [0.4, 0.5) is 4.39 Å². The molecule has 1 nitrogen and oxygen atoms in total. The van der Waals surface area contributed by atoms with E-state index in [1.54, 1.807) is 12.1 Å². The Labute approximate surface area is 58.2 Å². The molecule has 0 saturated carbocycles. The SMILES string of the molecule is FC1=CCCc2occc21. The van der Waals surface area contributed by atoms with Crippen LogP contribution >= 0.6 is 0 Å². The molecule has 0 radical (unpaired) electrons. The van der Waals surface area contributed by atoms with Gasteiger partial charge in [0.15, 0.2) is 0 Å². The summed E-state index contributed by atoms with van der Waals surface area (Å²) in [7, 11) is 0. The minimum Gasteiger partial charge on any atom is -0.469 e. The first-order chi connectivity index (χ1) is 4.88. The first-order valence-corrected chi connectivity index (χ1v) is 3.30. The zero-order valence-electron chi connectivity index (χ0n) is 5.43. The number of furan rings is 1. The van der Waals surface area contributed by atoms with E-state index in [2.05, 4.69) is 0 Å². The molecule has 0 aromatic carbocycles. The maximum Gasteiger partial charge on any atom is 0.129 e. The lowest BCUT2D eigenvalue weighted by Gasteiger charge is -2.03. The monoisotopic (exact) mass is 138 g/mol. The summed E-state index contributed by atoms with van der Waals surface area (Å²) in [5.74, 6) is 0.634. The Kier molecular flexibility index (Phi) is 1.13. The van der Waals surface area contributed by atoms with Gasteiger partial charge >= 0.3 is 0 Å². The van der Waals surface area contributed by atoms with Gasteiger partial charge in [-0.1, -0.05) is 0 Å². The van der Waals surface area contributed by atoms with Crippen molar-refractivity contribution in [1.82, 2.24) is 0 Å². The van der Waals surface area contributed by atoms with Crippen molar-refractivity contribution >= 4 is 5.83 Å². The molecule has 0 bridgehead atoms. The van der Waals surface area contributed by atoms with Gasteiger partial charge in [-0.05, 0) is 18.6 Å². The second-order valence-corrected chi connectivity index (χ2v) is 2.35. The number of aryl methyl sites for hydroxylation is 1. The van der Waals surface area contributed by atoms with Crippen LogP contribution in [0.5, 0.6) is 0 Å². The van der Waals surface area contributed by atoms with Gasteiger partial charge in [-0.3, -0.25) is 0 Å². The van der Waals surface area contributed by atoms with Gasteiger partial charge in [-0.15, -0.1) is 0 Å². The summed E-state index contributed by atoms with van der Waals surface area (Å²) in [6, 6.07) is 1.67. The second-order valence-electron chi connectivity index (χ2n) is 2.35. The molecule has 0 atom stereocenters. The van der Waals surface area contributed by atoms with Crippen LogP contribution in [-0.2, 0) is 6.42 Å². The molecule has 2 heteroatoms. The van der Waals surface area contributed by atoms with Crippen molar-refractivity contribution in [3.05, 3.63) is 29.7 Å². The van der Waals surface area contributed by atoms with Gasteiger partial charge < -0.3 is 4.42 Å². The normalized spacial score (nSPS) is 16.3. The van der Waals surface area contributed by atoms with Crippen LogP contribution in [0.1, 0.15) is 17.7 Å². The predicted molar refractivity (Wildman–Crippen MR) is 36.1 cm³/mol. The van der Waals surface area contributed by atoms with Gasteiger partial charge in [0.2, 0.25) is 0 Å². The Hall–Kier alpha value is -1.05. The van der Waals surface area contributed by atoms with Crippen molar-refractivity contribution in [1.29, 1.82) is 0 Å². The second kappa shape index (κ2) is 1.97. The topological polar surface area (TPSA) is 13.1 Å². The van der Waals surface area contributed by atoms with E-state index in [0.29, 0.717) is 5.56 Å². The average Bonchev–Trinajstić information content (AvgIpc) is 2.36. The molecule has 0 unspecified atom stereocenters. The first kappa shape index (κ1) is 5.71. The highest BCUT2D eigenvalue weighted by Crippen LogP contribution is 2.27. The molecule has 0 spiro atoms. The molecule has 0 amide bonds. The number of halogens is 1. The highest BCUT2D eigenvalue weighted by molar-refractivity contribution is 5.62. The minimum absolute atomic E-state index is 0.144. The fourth-order valence-electron chi connectivity index (χ4n) is 1.19. The molecule has 1 aliphatic carbocycles. The van der Waals surface area contributed by atoms with E-state index in [1.165, 1.54) is 6.26 Å². The largest absolute Gasteiger partial charge is 0.469 e. The van der Waals surface area contributed by atoms with Gasteiger partial charge in [0.25, 0.3) is 0 Å². The summed E-state index contributed by atoms with van der Waals surface area (Å²) in [5.41, 5.74) is 0.631. The fourth-order valence-corrected chi connectivity index (χ4v) is 1.19. The Morgan fingerprint density at radius 3 is 3.20 bits per heavy atom. The fraction of sp³-hybridized carbons (Fsp3) is 0.250. The standard InChI is InChI=1S/C8H7FO/c9-7-2-1-3-8-6(7)4-5-10-8/h2,4-5H,1,3H2. The average molecular weight is 138 g/mol. The lowest BCUT2D eigenvalue weighted by Crippen LogP contribution is -1.91. The zero-order valence-corrected chi connectivity index (χ0v) is 5.43. The number of allylic oxidation sites excluding steroid dienone is 1. The molecule has 1 aromatic heterocycles. The highest BCUT2D eigenvalue weighted by atomic mass is 19.1. The molecule has 1 heterocycles. The molecule has 0 saturated heterocycles. The Bertz CT molecular complexity index is 273. The molecule has 1 aromatic rings. The van der Waals surface area contributed by atoms with Crippen molar-refractivity contribution in [2.24, 2.45) is 0 Å². The minimum atomic E-state index is -0.144. The number of hydrogen-bond acceptors (Lipinski definition) is 1. The highest BCUT2D eigenvalue weighted by Gasteiger charge is 2.13. The molecule has 0 N–H and O–H groups in total. The Morgan fingerprint density at radius 1 is 1.50 bits per heavy atom. The lowest BCUT2D eigenvalue weighted by atomic mass is 10.1. The maximum atomic E-state index is 12.8. The van der Waals surface area contributed by atoms with Crippen molar-refractivity contribution < 1.29 is 8.81 Å². The Balaban J connectivity index is 2.55. The third-order valence-corrected chi connectivity index (χ3v) is 1.70. The maximum absolute atomic E-state index is 12.8. The van der Waals surface area contributed by atoms with Crippen molar-refractivity contribution in [2.75, 3.05) is 0 Å². The van der Waals surface area contributed by atoms with Gasteiger partial charge in [0, 0.05) is 6.42 Å². The van der Waals surface area contributed by atoms with Gasteiger partial charge in [-0.25, -0.2) is 4.39 Å². The summed E-state index contributed by atoms with van der Waals surface area (Å²) in [4.78, 5) is 0. The smallest absolute Gasteiger partial charge is 0.129 e. The van der Waals surface area contributed by atoms with Gasteiger partial charge in [0.05, 0.1) is 11.8 Å². The van der Waals surface area contributed by atoms with Crippen molar-refractivity contribution in [3.63, 3.8) is 0 Å². The molecule has 0 fully saturated rings.